The lowest BCUT2D eigenvalue weighted by Crippen LogP contribution is -2.35. The number of hydrogen-bond acceptors (Lipinski definition) is 5. The molecule has 0 aromatic rings. The lowest BCUT2D eigenvalue weighted by atomic mass is 10.8. The topological polar surface area (TPSA) is 80.8 Å². The molecule has 0 spiro atoms. The van der Waals surface area contributed by atoms with Crippen molar-refractivity contribution in [1.82, 2.24) is 3.87 Å². The van der Waals surface area contributed by atoms with Crippen molar-refractivity contribution in [3.8, 4) is 0 Å². The molecule has 10 heteroatoms. The van der Waals surface area contributed by atoms with Crippen molar-refractivity contribution >= 4 is 34.0 Å². The van der Waals surface area contributed by atoms with Crippen LogP contribution in [-0.2, 0) is 24.6 Å². The Hall–Kier alpha value is -0.0501. The Labute approximate surface area is 67.2 Å². The molecule has 4 radical (unpaired) electrons. The smallest absolute Gasteiger partial charge is 0.275 e. The van der Waals surface area contributed by atoms with E-state index in [4.69, 9.17) is 0 Å². The highest BCUT2D eigenvalue weighted by Crippen LogP contribution is 2.01. The van der Waals surface area contributed by atoms with Crippen molar-refractivity contribution in [3.05, 3.63) is 0 Å². The summed E-state index contributed by atoms with van der Waals surface area (Å²) in [5.74, 6) is 0. The third kappa shape index (κ3) is 3.23. The van der Waals surface area contributed by atoms with Gasteiger partial charge in [0.05, 0.1) is 7.11 Å². The minimum absolute atomic E-state index is 0.500. The summed E-state index contributed by atoms with van der Waals surface area (Å²) < 4.78 is 40.8. The minimum atomic E-state index is -4.47. The maximum atomic E-state index is 10.3. The zero-order valence-electron chi connectivity index (χ0n) is 5.46. The van der Waals surface area contributed by atoms with Gasteiger partial charge >= 0.3 is 0 Å². The van der Waals surface area contributed by atoms with Crippen molar-refractivity contribution in [3.63, 3.8) is 0 Å². The molecule has 0 aliphatic heterocycles. The van der Waals surface area contributed by atoms with Gasteiger partial charge in [0.1, 0.15) is 0 Å². The zero-order chi connectivity index (χ0) is 9.28. The Morgan fingerprint density at radius 2 is 1.36 bits per heavy atom. The predicted molar refractivity (Wildman–Crippen MR) is 38.2 cm³/mol. The fourth-order valence-corrected chi connectivity index (χ4v) is 1.93. The summed E-state index contributed by atoms with van der Waals surface area (Å²) in [6.45, 7) is 0. The predicted octanol–water partition coefficient (Wildman–Crippen LogP) is -2.32. The van der Waals surface area contributed by atoms with Crippen LogP contribution in [0.25, 0.3) is 0 Å². The summed E-state index contributed by atoms with van der Waals surface area (Å²) >= 11 is 0. The molecule has 0 aromatic carbocycles. The largest absolute Gasteiger partial charge is 0.282 e. The number of hydrogen-bond donors (Lipinski definition) is 0. The van der Waals surface area contributed by atoms with Gasteiger partial charge < -0.3 is 0 Å². The fraction of sp³-hybridized carbons (Fsp3) is 1.00. The molecular formula is CH3B2NO5S2. The van der Waals surface area contributed by atoms with E-state index in [0.29, 0.717) is 0 Å². The van der Waals surface area contributed by atoms with E-state index in [2.05, 4.69) is 19.1 Å². The highest BCUT2D eigenvalue weighted by molar-refractivity contribution is 8.23. The molecule has 0 heterocycles. The van der Waals surface area contributed by atoms with Crippen LogP contribution in [0.2, 0.25) is 0 Å². The highest BCUT2D eigenvalue weighted by atomic mass is 32.3. The summed E-state index contributed by atoms with van der Waals surface area (Å²) in [6, 6.07) is 0. The van der Waals surface area contributed by atoms with Crippen LogP contribution < -0.4 is 0 Å². The monoisotopic (exact) mass is 195 g/mol. The minimum Gasteiger partial charge on any atom is -0.275 e. The first-order chi connectivity index (χ1) is 4.69. The molecule has 0 aliphatic carbocycles. The van der Waals surface area contributed by atoms with Crippen molar-refractivity contribution < 1.29 is 21.7 Å². The average molecular weight is 195 g/mol. The third-order valence-electron chi connectivity index (χ3n) is 0.565. The normalized spacial score (nSPS) is 13.6. The van der Waals surface area contributed by atoms with Crippen LogP contribution in [0, 0.1) is 0 Å². The van der Waals surface area contributed by atoms with Crippen molar-refractivity contribution in [1.29, 1.82) is 0 Å². The molecule has 0 amide bonds. The maximum Gasteiger partial charge on any atom is 0.282 e. The Balaban J connectivity index is 5.05. The molecule has 0 aromatic heterocycles. The van der Waals surface area contributed by atoms with Crippen LogP contribution in [0.4, 0.5) is 0 Å². The maximum absolute atomic E-state index is 10.3. The molecule has 0 unspecified atom stereocenters. The molecule has 0 rings (SSSR count). The van der Waals surface area contributed by atoms with Gasteiger partial charge in [-0.2, -0.15) is 0 Å². The fourth-order valence-electron chi connectivity index (χ4n) is 0.353. The van der Waals surface area contributed by atoms with Gasteiger partial charge in [-0.15, -0.1) is 0 Å². The molecule has 0 N–H and O–H groups in total. The molecule has 0 saturated heterocycles. The Morgan fingerprint density at radius 1 is 1.09 bits per heavy atom. The van der Waals surface area contributed by atoms with Gasteiger partial charge in [0, 0.05) is 3.87 Å². The number of nitrogens with zero attached hydrogens (tertiary/aromatic N) is 1. The van der Waals surface area contributed by atoms with E-state index in [-0.39, 0.29) is 0 Å². The standard InChI is InChI=1S/CH3B2NO5S2/c1-9-4(10(2,5)6)11(3,7)8/h1H3. The molecule has 11 heavy (non-hydrogen) atoms. The SMILES string of the molecule is [B]S(=O)(=O)N(OC)S([B])(=O)=O. The second kappa shape index (κ2) is 3.13. The second-order valence-electron chi connectivity index (χ2n) is 1.44. The van der Waals surface area contributed by atoms with E-state index in [0.717, 1.165) is 7.11 Å². The van der Waals surface area contributed by atoms with Crippen LogP contribution in [0.1, 0.15) is 0 Å². The highest BCUT2D eigenvalue weighted by Gasteiger charge is 2.25. The molecule has 60 valence electrons. The van der Waals surface area contributed by atoms with Crippen LogP contribution in [0.15, 0.2) is 0 Å². The average Bonchev–Trinajstić information content (AvgIpc) is 1.56. The van der Waals surface area contributed by atoms with E-state index in [1.807, 2.05) is 0 Å². The van der Waals surface area contributed by atoms with Crippen LogP contribution in [0.5, 0.6) is 0 Å². The quantitative estimate of drug-likeness (QED) is 0.372. The number of rotatable bonds is 3. The molecular weight excluding hydrogens is 192 g/mol. The zero-order valence-corrected chi connectivity index (χ0v) is 7.09. The van der Waals surface area contributed by atoms with Crippen molar-refractivity contribution in [2.75, 3.05) is 7.11 Å². The molecule has 0 fully saturated rings. The van der Waals surface area contributed by atoms with E-state index < -0.39 is 23.6 Å². The van der Waals surface area contributed by atoms with Crippen molar-refractivity contribution in [2.24, 2.45) is 0 Å². The van der Waals surface area contributed by atoms with Gasteiger partial charge in [-0.3, -0.25) is 4.84 Å². The van der Waals surface area contributed by atoms with Gasteiger partial charge in [-0.05, 0) is 0 Å². The molecule has 0 saturated carbocycles. The van der Waals surface area contributed by atoms with E-state index in [1.54, 1.807) is 0 Å². The Kier molecular flexibility index (Phi) is 3.12. The van der Waals surface area contributed by atoms with Crippen LogP contribution in [0.3, 0.4) is 0 Å². The van der Waals surface area contributed by atoms with Crippen LogP contribution in [-0.4, -0.2) is 42.1 Å². The van der Waals surface area contributed by atoms with Crippen molar-refractivity contribution in [2.45, 2.75) is 0 Å². The first-order valence-electron chi connectivity index (χ1n) is 2.09. The second-order valence-corrected chi connectivity index (χ2v) is 4.39. The van der Waals surface area contributed by atoms with Gasteiger partial charge in [-0.1, -0.05) is 0 Å². The van der Waals surface area contributed by atoms with E-state index in [9.17, 15) is 16.8 Å². The molecule has 0 aliphatic rings. The van der Waals surface area contributed by atoms with Gasteiger partial charge in [-0.25, -0.2) is 16.8 Å². The third-order valence-corrected chi connectivity index (χ3v) is 2.94. The first kappa shape index (κ1) is 10.9. The lowest BCUT2D eigenvalue weighted by Gasteiger charge is -2.14. The summed E-state index contributed by atoms with van der Waals surface area (Å²) in [5, 5.41) is 0. The van der Waals surface area contributed by atoms with Crippen LogP contribution >= 0.6 is 0 Å². The molecule has 6 nitrogen and oxygen atoms in total. The lowest BCUT2D eigenvalue weighted by molar-refractivity contribution is 0.0338. The van der Waals surface area contributed by atoms with Gasteiger partial charge in [0.25, 0.3) is 14.2 Å². The summed E-state index contributed by atoms with van der Waals surface area (Å²) in [5.41, 5.74) is 0. The van der Waals surface area contributed by atoms with Gasteiger partial charge in [0.2, 0.25) is 0 Å². The van der Waals surface area contributed by atoms with Gasteiger partial charge in [0.15, 0.2) is 19.7 Å². The van der Waals surface area contributed by atoms with E-state index in [1.165, 1.54) is 0 Å². The summed E-state index contributed by atoms with van der Waals surface area (Å²) in [6.07, 6.45) is 0. The Morgan fingerprint density at radius 3 is 1.36 bits per heavy atom. The summed E-state index contributed by atoms with van der Waals surface area (Å²) in [4.78, 5) is 3.89. The van der Waals surface area contributed by atoms with E-state index >= 15 is 0 Å². The summed E-state index contributed by atoms with van der Waals surface area (Å²) in [7, 11) is 0.632. The molecule has 0 bridgehead atoms. The Bertz CT molecular complexity index is 284. The first-order valence-corrected chi connectivity index (χ1v) is 5.10. The molecule has 0 atom stereocenters.